The highest BCUT2D eigenvalue weighted by molar-refractivity contribution is 5.65. The molecule has 0 aromatic heterocycles. The molecule has 7 heteroatoms. The molecule has 1 saturated carbocycles. The second-order valence-electron chi connectivity index (χ2n) is 4.68. The molecule has 1 aliphatic heterocycles. The van der Waals surface area contributed by atoms with Gasteiger partial charge in [-0.2, -0.15) is 13.2 Å². The summed E-state index contributed by atoms with van der Waals surface area (Å²) in [5, 5.41) is 8.75. The molecule has 0 radical (unpaired) electrons. The predicted molar refractivity (Wildman–Crippen MR) is 53.7 cm³/mol. The largest absolute Gasteiger partial charge is 0.465 e. The van der Waals surface area contributed by atoms with Crippen LogP contribution in [0, 0.1) is 11.8 Å². The number of fused-ring (bicyclic) bond motifs is 1. The van der Waals surface area contributed by atoms with Crippen LogP contribution in [-0.4, -0.2) is 59.4 Å². The first kappa shape index (κ1) is 12.5. The lowest BCUT2D eigenvalue weighted by Crippen LogP contribution is -2.41. The van der Waals surface area contributed by atoms with Crippen molar-refractivity contribution in [1.29, 1.82) is 0 Å². The SMILES string of the molecule is CCN(CC(F)(F)F)[C@H]1[C@@H]2CN(C(=O)O)C[C@@H]21. The van der Waals surface area contributed by atoms with E-state index in [4.69, 9.17) is 5.11 Å². The van der Waals surface area contributed by atoms with E-state index in [9.17, 15) is 18.0 Å². The van der Waals surface area contributed by atoms with Crippen LogP contribution in [-0.2, 0) is 0 Å². The van der Waals surface area contributed by atoms with Gasteiger partial charge < -0.3 is 10.0 Å². The van der Waals surface area contributed by atoms with Gasteiger partial charge in [0.1, 0.15) is 0 Å². The van der Waals surface area contributed by atoms with Gasteiger partial charge in [0.2, 0.25) is 0 Å². The van der Waals surface area contributed by atoms with Crippen molar-refractivity contribution < 1.29 is 23.1 Å². The van der Waals surface area contributed by atoms with Crippen LogP contribution < -0.4 is 0 Å². The Bertz CT molecular complexity index is 309. The van der Waals surface area contributed by atoms with E-state index in [1.165, 1.54) is 9.80 Å². The molecule has 3 atom stereocenters. The highest BCUT2D eigenvalue weighted by Gasteiger charge is 2.59. The maximum atomic E-state index is 12.3. The van der Waals surface area contributed by atoms with Crippen LogP contribution in [0.3, 0.4) is 0 Å². The molecule has 98 valence electrons. The average Bonchev–Trinajstić information content (AvgIpc) is 2.68. The topological polar surface area (TPSA) is 43.8 Å². The Balaban J connectivity index is 1.89. The van der Waals surface area contributed by atoms with Gasteiger partial charge in [-0.05, 0) is 18.4 Å². The summed E-state index contributed by atoms with van der Waals surface area (Å²) < 4.78 is 36.9. The Morgan fingerprint density at radius 2 is 1.94 bits per heavy atom. The number of halogens is 3. The van der Waals surface area contributed by atoms with Crippen LogP contribution in [0.5, 0.6) is 0 Å². The van der Waals surface area contributed by atoms with Crippen molar-refractivity contribution in [1.82, 2.24) is 9.80 Å². The van der Waals surface area contributed by atoms with E-state index in [1.54, 1.807) is 6.92 Å². The lowest BCUT2D eigenvalue weighted by atomic mass is 10.3. The van der Waals surface area contributed by atoms with Crippen LogP contribution in [0.25, 0.3) is 0 Å². The normalized spacial score (nSPS) is 31.8. The van der Waals surface area contributed by atoms with E-state index in [1.807, 2.05) is 0 Å². The van der Waals surface area contributed by atoms with Crippen molar-refractivity contribution in [2.24, 2.45) is 11.8 Å². The zero-order chi connectivity index (χ0) is 12.8. The third-order valence-corrected chi connectivity index (χ3v) is 3.63. The number of nitrogens with zero attached hydrogens (tertiary/aromatic N) is 2. The number of amides is 1. The van der Waals surface area contributed by atoms with Crippen molar-refractivity contribution >= 4 is 6.09 Å². The fourth-order valence-electron chi connectivity index (χ4n) is 2.85. The van der Waals surface area contributed by atoms with Gasteiger partial charge in [0.05, 0.1) is 6.54 Å². The maximum absolute atomic E-state index is 12.3. The summed E-state index contributed by atoms with van der Waals surface area (Å²) in [6.45, 7) is 1.91. The molecule has 2 rings (SSSR count). The van der Waals surface area contributed by atoms with Gasteiger partial charge in [0.15, 0.2) is 0 Å². The van der Waals surface area contributed by atoms with Crippen molar-refractivity contribution in [2.45, 2.75) is 19.1 Å². The Labute approximate surface area is 97.0 Å². The predicted octanol–water partition coefficient (Wildman–Crippen LogP) is 1.48. The molecule has 0 aromatic rings. The number of rotatable bonds is 3. The summed E-state index contributed by atoms with van der Waals surface area (Å²) in [5.74, 6) is 0.182. The molecule has 4 nitrogen and oxygen atoms in total. The zero-order valence-electron chi connectivity index (χ0n) is 9.44. The standard InChI is InChI=1S/C10H15F3N2O2/c1-2-14(5-10(11,12)13)8-6-3-15(9(16)17)4-7(6)8/h6-8H,2-5H2,1H3,(H,16,17)/t6-,7+,8+. The second kappa shape index (κ2) is 4.04. The lowest BCUT2D eigenvalue weighted by Gasteiger charge is -2.25. The maximum Gasteiger partial charge on any atom is 0.407 e. The Morgan fingerprint density at radius 1 is 1.41 bits per heavy atom. The molecule has 0 spiro atoms. The van der Waals surface area contributed by atoms with Gasteiger partial charge in [0.25, 0.3) is 0 Å². The molecular formula is C10H15F3N2O2. The fourth-order valence-corrected chi connectivity index (χ4v) is 2.85. The highest BCUT2D eigenvalue weighted by Crippen LogP contribution is 2.49. The van der Waals surface area contributed by atoms with Gasteiger partial charge in [0, 0.05) is 19.1 Å². The zero-order valence-corrected chi connectivity index (χ0v) is 9.44. The van der Waals surface area contributed by atoms with Crippen LogP contribution in [0.4, 0.5) is 18.0 Å². The smallest absolute Gasteiger partial charge is 0.407 e. The monoisotopic (exact) mass is 252 g/mol. The van der Waals surface area contributed by atoms with Crippen LogP contribution in [0.15, 0.2) is 0 Å². The first-order valence-electron chi connectivity index (χ1n) is 5.62. The summed E-state index contributed by atoms with van der Waals surface area (Å²) >= 11 is 0. The summed E-state index contributed by atoms with van der Waals surface area (Å²) in [4.78, 5) is 13.4. The summed E-state index contributed by atoms with van der Waals surface area (Å²) in [6, 6.07) is -0.0859. The van der Waals surface area contributed by atoms with Gasteiger partial charge in [-0.15, -0.1) is 0 Å². The quantitative estimate of drug-likeness (QED) is 0.827. The molecule has 2 aliphatic rings. The van der Waals surface area contributed by atoms with E-state index in [2.05, 4.69) is 0 Å². The molecule has 1 heterocycles. The second-order valence-corrected chi connectivity index (χ2v) is 4.68. The number of carboxylic acid groups (broad SMARTS) is 1. The average molecular weight is 252 g/mol. The molecule has 17 heavy (non-hydrogen) atoms. The molecule has 2 fully saturated rings. The fraction of sp³-hybridized carbons (Fsp3) is 0.900. The van der Waals surface area contributed by atoms with E-state index in [0.29, 0.717) is 19.6 Å². The number of likely N-dealkylation sites (tertiary alicyclic amines) is 1. The van der Waals surface area contributed by atoms with E-state index in [-0.39, 0.29) is 17.9 Å². The van der Waals surface area contributed by atoms with Crippen molar-refractivity contribution in [3.63, 3.8) is 0 Å². The third-order valence-electron chi connectivity index (χ3n) is 3.63. The Hall–Kier alpha value is -0.980. The van der Waals surface area contributed by atoms with E-state index < -0.39 is 18.8 Å². The van der Waals surface area contributed by atoms with Gasteiger partial charge in [-0.1, -0.05) is 6.92 Å². The molecule has 0 aromatic carbocycles. The Kier molecular flexibility index (Phi) is 2.97. The highest BCUT2D eigenvalue weighted by atomic mass is 19.4. The van der Waals surface area contributed by atoms with E-state index >= 15 is 0 Å². The first-order chi connectivity index (χ1) is 7.83. The molecule has 1 saturated heterocycles. The number of carbonyl (C=O) groups is 1. The molecule has 1 N–H and O–H groups in total. The molecule has 1 amide bonds. The number of alkyl halides is 3. The van der Waals surface area contributed by atoms with Gasteiger partial charge >= 0.3 is 12.3 Å². The van der Waals surface area contributed by atoms with Gasteiger partial charge in [-0.25, -0.2) is 4.79 Å². The minimum atomic E-state index is -4.18. The van der Waals surface area contributed by atoms with E-state index in [0.717, 1.165) is 0 Å². The van der Waals surface area contributed by atoms with Crippen LogP contribution in [0.2, 0.25) is 0 Å². The lowest BCUT2D eigenvalue weighted by molar-refractivity contribution is -0.147. The van der Waals surface area contributed by atoms with Crippen LogP contribution in [0.1, 0.15) is 6.92 Å². The summed E-state index contributed by atoms with van der Waals surface area (Å²) in [7, 11) is 0. The molecule has 0 unspecified atom stereocenters. The first-order valence-corrected chi connectivity index (χ1v) is 5.62. The third kappa shape index (κ3) is 2.48. The molecule has 0 bridgehead atoms. The molecule has 1 aliphatic carbocycles. The summed E-state index contributed by atoms with van der Waals surface area (Å²) in [5.41, 5.74) is 0. The summed E-state index contributed by atoms with van der Waals surface area (Å²) in [6.07, 6.45) is -5.16. The molecular weight excluding hydrogens is 237 g/mol. The minimum absolute atomic E-state index is 0.0859. The van der Waals surface area contributed by atoms with Crippen molar-refractivity contribution in [3.8, 4) is 0 Å². The van der Waals surface area contributed by atoms with Gasteiger partial charge in [-0.3, -0.25) is 4.90 Å². The minimum Gasteiger partial charge on any atom is -0.465 e. The van der Waals surface area contributed by atoms with Crippen molar-refractivity contribution in [2.75, 3.05) is 26.2 Å². The number of hydrogen-bond donors (Lipinski definition) is 1. The Morgan fingerprint density at radius 3 is 2.29 bits per heavy atom. The number of piperidine rings is 1. The van der Waals surface area contributed by atoms with Crippen LogP contribution >= 0.6 is 0 Å². The number of hydrogen-bond acceptors (Lipinski definition) is 2. The van der Waals surface area contributed by atoms with Crippen molar-refractivity contribution in [3.05, 3.63) is 0 Å².